The molecule has 1 aliphatic heterocycles. The van der Waals surface area contributed by atoms with Crippen molar-refractivity contribution in [1.82, 2.24) is 14.9 Å². The minimum atomic E-state index is -3.85. The van der Waals surface area contributed by atoms with E-state index in [1.807, 2.05) is 31.2 Å². The Bertz CT molecular complexity index is 1030. The second kappa shape index (κ2) is 10.2. The van der Waals surface area contributed by atoms with Crippen molar-refractivity contribution in [3.63, 3.8) is 0 Å². The summed E-state index contributed by atoms with van der Waals surface area (Å²) >= 11 is 5.84. The number of carbonyl (C=O) groups is 2. The lowest BCUT2D eigenvalue weighted by Gasteiger charge is -2.34. The fraction of sp³-hybridized carbons (Fsp3) is 0.333. The van der Waals surface area contributed by atoms with Crippen LogP contribution in [0, 0.1) is 6.92 Å². The molecule has 3 rings (SSSR count). The number of carbonyl (C=O) groups excluding carboxylic acids is 2. The predicted octanol–water partition coefficient (Wildman–Crippen LogP) is 1.82. The molecule has 0 spiro atoms. The van der Waals surface area contributed by atoms with Gasteiger partial charge in [0, 0.05) is 18.1 Å². The first kappa shape index (κ1) is 23.2. The van der Waals surface area contributed by atoms with Crippen LogP contribution in [0.4, 0.5) is 0 Å². The van der Waals surface area contributed by atoms with Crippen LogP contribution in [-0.2, 0) is 30.9 Å². The summed E-state index contributed by atoms with van der Waals surface area (Å²) in [6.07, 6.45) is -0.392. The van der Waals surface area contributed by atoms with Crippen LogP contribution in [0.15, 0.2) is 53.4 Å². The van der Waals surface area contributed by atoms with Crippen LogP contribution in [0.3, 0.4) is 0 Å². The van der Waals surface area contributed by atoms with Gasteiger partial charge in [-0.25, -0.2) is 8.42 Å². The molecule has 1 unspecified atom stereocenters. The Morgan fingerprint density at radius 1 is 1.06 bits per heavy atom. The highest BCUT2D eigenvalue weighted by atomic mass is 35.5. The third-order valence-electron chi connectivity index (χ3n) is 4.79. The maximum absolute atomic E-state index is 13.0. The quantitative estimate of drug-likeness (QED) is 0.633. The molecule has 0 saturated carbocycles. The van der Waals surface area contributed by atoms with E-state index in [0.29, 0.717) is 18.1 Å². The Kier molecular flexibility index (Phi) is 7.66. The second-order valence-corrected chi connectivity index (χ2v) is 9.45. The third-order valence-corrected chi connectivity index (χ3v) is 6.95. The highest BCUT2D eigenvalue weighted by Crippen LogP contribution is 2.23. The van der Waals surface area contributed by atoms with Crippen molar-refractivity contribution in [3.05, 3.63) is 64.7 Å². The van der Waals surface area contributed by atoms with Crippen molar-refractivity contribution >= 4 is 33.4 Å². The molecule has 2 aromatic carbocycles. The number of hydrogen-bond acceptors (Lipinski definition) is 5. The lowest BCUT2D eigenvalue weighted by atomic mass is 10.1. The predicted molar refractivity (Wildman–Crippen MR) is 116 cm³/mol. The Labute approximate surface area is 186 Å². The average Bonchev–Trinajstić information content (AvgIpc) is 2.77. The Balaban J connectivity index is 1.58. The van der Waals surface area contributed by atoms with E-state index in [4.69, 9.17) is 16.3 Å². The Morgan fingerprint density at radius 2 is 1.71 bits per heavy atom. The maximum atomic E-state index is 13.0. The van der Waals surface area contributed by atoms with Crippen molar-refractivity contribution in [2.24, 2.45) is 0 Å². The van der Waals surface area contributed by atoms with Gasteiger partial charge in [0.2, 0.25) is 10.0 Å². The summed E-state index contributed by atoms with van der Waals surface area (Å²) < 4.78 is 32.7. The number of hydrogen-bond donors (Lipinski definition) is 2. The molecule has 1 atom stereocenters. The van der Waals surface area contributed by atoms with Gasteiger partial charge in [-0.15, -0.1) is 0 Å². The maximum Gasteiger partial charge on any atom is 0.309 e. The number of amides is 2. The zero-order valence-corrected chi connectivity index (χ0v) is 18.6. The largest absolute Gasteiger partial charge is 0.360 e. The normalized spacial score (nSPS) is 17.2. The van der Waals surface area contributed by atoms with Crippen LogP contribution in [-0.4, -0.2) is 50.5 Å². The molecule has 1 aliphatic rings. The number of aryl methyl sites for hydroxylation is 1. The van der Waals surface area contributed by atoms with E-state index in [1.54, 1.807) is 0 Å². The molecule has 0 bridgehead atoms. The van der Waals surface area contributed by atoms with E-state index in [-0.39, 0.29) is 24.5 Å². The van der Waals surface area contributed by atoms with E-state index in [9.17, 15) is 18.0 Å². The van der Waals surface area contributed by atoms with Crippen LogP contribution in [0.1, 0.15) is 17.5 Å². The van der Waals surface area contributed by atoms with Gasteiger partial charge in [-0.3, -0.25) is 9.59 Å². The van der Waals surface area contributed by atoms with E-state index in [0.717, 1.165) is 11.1 Å². The molecule has 8 nitrogen and oxygen atoms in total. The topological polar surface area (TPSA) is 105 Å². The average molecular weight is 466 g/mol. The summed E-state index contributed by atoms with van der Waals surface area (Å²) in [6.45, 7) is 2.62. The molecule has 10 heteroatoms. The number of nitrogens with one attached hydrogen (secondary N) is 2. The van der Waals surface area contributed by atoms with E-state index in [1.165, 1.54) is 28.6 Å². The number of nitrogens with zero attached hydrogens (tertiary/aromatic N) is 1. The Morgan fingerprint density at radius 3 is 2.39 bits per heavy atom. The van der Waals surface area contributed by atoms with Gasteiger partial charge in [0.25, 0.3) is 0 Å². The fourth-order valence-corrected chi connectivity index (χ4v) is 4.76. The SMILES string of the molecule is Cc1ccc(CNC(=O)C(=O)NCC2OCCCN2S(=O)(=O)c2ccc(Cl)cc2)cc1. The van der Waals surface area contributed by atoms with Crippen LogP contribution < -0.4 is 10.6 Å². The summed E-state index contributed by atoms with van der Waals surface area (Å²) in [4.78, 5) is 24.3. The molecule has 2 aromatic rings. The van der Waals surface area contributed by atoms with Gasteiger partial charge >= 0.3 is 11.8 Å². The lowest BCUT2D eigenvalue weighted by molar-refractivity contribution is -0.140. The second-order valence-electron chi connectivity index (χ2n) is 7.13. The Hall–Kier alpha value is -2.46. The van der Waals surface area contributed by atoms with Crippen LogP contribution in [0.25, 0.3) is 0 Å². The molecule has 0 aliphatic carbocycles. The molecule has 2 N–H and O–H groups in total. The minimum Gasteiger partial charge on any atom is -0.360 e. The number of ether oxygens (including phenoxy) is 1. The number of benzene rings is 2. The van der Waals surface area contributed by atoms with Crippen LogP contribution in [0.2, 0.25) is 5.02 Å². The van der Waals surface area contributed by atoms with Crippen molar-refractivity contribution in [2.45, 2.75) is 31.0 Å². The summed E-state index contributed by atoms with van der Waals surface area (Å²) in [7, 11) is -3.85. The van der Waals surface area contributed by atoms with E-state index < -0.39 is 28.1 Å². The molecule has 31 heavy (non-hydrogen) atoms. The van der Waals surface area contributed by atoms with Crippen molar-refractivity contribution < 1.29 is 22.7 Å². The molecule has 0 radical (unpaired) electrons. The summed E-state index contributed by atoms with van der Waals surface area (Å²) in [5.74, 6) is -1.66. The van der Waals surface area contributed by atoms with Crippen molar-refractivity contribution in [3.8, 4) is 0 Å². The summed E-state index contributed by atoms with van der Waals surface area (Å²) in [5, 5.41) is 5.42. The van der Waals surface area contributed by atoms with Crippen molar-refractivity contribution in [2.75, 3.05) is 19.7 Å². The number of sulfonamides is 1. The molecule has 1 fully saturated rings. The van der Waals surface area contributed by atoms with Gasteiger partial charge in [-0.2, -0.15) is 4.31 Å². The molecule has 0 aromatic heterocycles. The first-order chi connectivity index (χ1) is 14.8. The smallest absolute Gasteiger partial charge is 0.309 e. The van der Waals surface area contributed by atoms with E-state index >= 15 is 0 Å². The first-order valence-electron chi connectivity index (χ1n) is 9.78. The summed E-state index contributed by atoms with van der Waals surface area (Å²) in [6, 6.07) is 13.4. The van der Waals surface area contributed by atoms with Gasteiger partial charge in [-0.05, 0) is 43.2 Å². The molecule has 1 heterocycles. The van der Waals surface area contributed by atoms with Crippen LogP contribution in [0.5, 0.6) is 0 Å². The zero-order valence-electron chi connectivity index (χ0n) is 17.0. The first-order valence-corrected chi connectivity index (χ1v) is 11.6. The third kappa shape index (κ3) is 6.04. The van der Waals surface area contributed by atoms with Gasteiger partial charge in [-0.1, -0.05) is 41.4 Å². The van der Waals surface area contributed by atoms with Crippen LogP contribution >= 0.6 is 11.6 Å². The molecule has 1 saturated heterocycles. The molecular formula is C21H24ClN3O5S. The monoisotopic (exact) mass is 465 g/mol. The molecule has 166 valence electrons. The molecular weight excluding hydrogens is 442 g/mol. The van der Waals surface area contributed by atoms with E-state index in [2.05, 4.69) is 10.6 Å². The minimum absolute atomic E-state index is 0.0783. The van der Waals surface area contributed by atoms with Gasteiger partial charge in [0.1, 0.15) is 6.23 Å². The standard InChI is InChI=1S/C21H24ClN3O5S/c1-15-3-5-16(6-4-15)13-23-20(26)21(27)24-14-19-25(11-2-12-30-19)31(28,29)18-9-7-17(22)8-10-18/h3-10,19H,2,11-14H2,1H3,(H,23,26)(H,24,27). The highest BCUT2D eigenvalue weighted by molar-refractivity contribution is 7.89. The van der Waals surface area contributed by atoms with Gasteiger partial charge in [0.05, 0.1) is 18.0 Å². The zero-order chi connectivity index (χ0) is 22.4. The van der Waals surface area contributed by atoms with Crippen molar-refractivity contribution in [1.29, 1.82) is 0 Å². The number of rotatable bonds is 6. The van der Waals surface area contributed by atoms with Gasteiger partial charge in [0.15, 0.2) is 0 Å². The number of halogens is 1. The summed E-state index contributed by atoms with van der Waals surface area (Å²) in [5.41, 5.74) is 1.96. The fourth-order valence-electron chi connectivity index (χ4n) is 3.07. The van der Waals surface area contributed by atoms with Gasteiger partial charge < -0.3 is 15.4 Å². The molecule has 2 amide bonds. The highest BCUT2D eigenvalue weighted by Gasteiger charge is 2.34. The lowest BCUT2D eigenvalue weighted by Crippen LogP contribution is -2.53.